The van der Waals surface area contributed by atoms with Crippen LogP contribution in [0.5, 0.6) is 0 Å². The van der Waals surface area contributed by atoms with E-state index in [1.54, 1.807) is 0 Å². The first-order valence-corrected chi connectivity index (χ1v) is 25.7. The fourth-order valence-corrected chi connectivity index (χ4v) is 13.9. The van der Waals surface area contributed by atoms with Crippen molar-refractivity contribution in [3.63, 3.8) is 0 Å². The van der Waals surface area contributed by atoms with Crippen LogP contribution in [-0.4, -0.2) is 19.1 Å². The number of aromatic nitrogens is 4. The van der Waals surface area contributed by atoms with Crippen LogP contribution < -0.4 is 0 Å². The summed E-state index contributed by atoms with van der Waals surface area (Å²) < 4.78 is 9.85. The average molecular weight is 952 g/mol. The zero-order valence-corrected chi connectivity index (χ0v) is 40.0. The van der Waals surface area contributed by atoms with Crippen molar-refractivity contribution in [1.29, 1.82) is 5.26 Å². The first kappa shape index (κ1) is 40.7. The first-order valence-electron chi connectivity index (χ1n) is 24.0. The second-order valence-electron chi connectivity index (χ2n) is 18.3. The maximum absolute atomic E-state index is 11.6. The molecular formula is C65H37N5S2. The fraction of sp³-hybridized carbons (Fsp3) is 0. The van der Waals surface area contributed by atoms with Gasteiger partial charge in [0.2, 0.25) is 0 Å². The molecule has 15 aromatic rings. The van der Waals surface area contributed by atoms with Crippen LogP contribution in [0.3, 0.4) is 0 Å². The molecule has 5 nitrogen and oxygen atoms in total. The van der Waals surface area contributed by atoms with Gasteiger partial charge >= 0.3 is 0 Å². The normalized spacial score (nSPS) is 11.9. The highest BCUT2D eigenvalue weighted by atomic mass is 32.1. The zero-order valence-electron chi connectivity index (χ0n) is 38.4. The molecule has 5 heterocycles. The van der Waals surface area contributed by atoms with E-state index in [0.717, 1.165) is 78.0 Å². The molecule has 0 aliphatic rings. The molecule has 0 fully saturated rings. The first-order chi connectivity index (χ1) is 35.7. The Bertz CT molecular complexity index is 4700. The van der Waals surface area contributed by atoms with Crippen LogP contribution in [0.2, 0.25) is 0 Å². The largest absolute Gasteiger partial charge is 0.309 e. The van der Waals surface area contributed by atoms with E-state index in [1.165, 1.54) is 56.5 Å². The second-order valence-corrected chi connectivity index (χ2v) is 20.4. The van der Waals surface area contributed by atoms with Crippen LogP contribution in [-0.2, 0) is 0 Å². The van der Waals surface area contributed by atoms with Gasteiger partial charge in [-0.05, 0) is 60.7 Å². The van der Waals surface area contributed by atoms with Crippen molar-refractivity contribution in [2.24, 2.45) is 0 Å². The summed E-state index contributed by atoms with van der Waals surface area (Å²) in [6, 6.07) is 82.2. The van der Waals surface area contributed by atoms with Crippen molar-refractivity contribution in [3.8, 4) is 62.5 Å². The van der Waals surface area contributed by atoms with Crippen molar-refractivity contribution < 1.29 is 0 Å². The van der Waals surface area contributed by atoms with Crippen LogP contribution in [0, 0.1) is 11.3 Å². The van der Waals surface area contributed by atoms with Crippen molar-refractivity contribution >= 4 is 107 Å². The molecule has 15 rings (SSSR count). The van der Waals surface area contributed by atoms with E-state index in [1.807, 2.05) is 59.1 Å². The third-order valence-corrected chi connectivity index (χ3v) is 16.8. The number of hydrogen-bond donors (Lipinski definition) is 0. The molecule has 0 saturated heterocycles. The summed E-state index contributed by atoms with van der Waals surface area (Å²) >= 11 is 3.69. The van der Waals surface area contributed by atoms with Crippen molar-refractivity contribution in [1.82, 2.24) is 19.1 Å². The minimum atomic E-state index is 0.559. The maximum atomic E-state index is 11.6. The van der Waals surface area contributed by atoms with Gasteiger partial charge in [0.15, 0.2) is 5.82 Å². The van der Waals surface area contributed by atoms with Gasteiger partial charge in [-0.25, -0.2) is 9.97 Å². The summed E-state index contributed by atoms with van der Waals surface area (Å²) in [6.07, 6.45) is 0. The molecule has 0 aliphatic carbocycles. The third kappa shape index (κ3) is 5.97. The summed E-state index contributed by atoms with van der Waals surface area (Å²) in [5.74, 6) is 0.621. The van der Waals surface area contributed by atoms with Crippen LogP contribution in [0.1, 0.15) is 5.56 Å². The Kier molecular flexibility index (Phi) is 8.99. The molecule has 10 aromatic carbocycles. The van der Waals surface area contributed by atoms with Crippen LogP contribution in [0.25, 0.3) is 140 Å². The van der Waals surface area contributed by atoms with E-state index in [-0.39, 0.29) is 0 Å². The molecule has 0 aliphatic heterocycles. The number of nitrogens with zero attached hydrogens (tertiary/aromatic N) is 5. The van der Waals surface area contributed by atoms with Gasteiger partial charge in [-0.2, -0.15) is 5.26 Å². The lowest BCUT2D eigenvalue weighted by molar-refractivity contribution is 1.15. The van der Waals surface area contributed by atoms with E-state index in [2.05, 4.69) is 203 Å². The average Bonchev–Trinajstić information content (AvgIpc) is 4.21. The monoisotopic (exact) mass is 951 g/mol. The van der Waals surface area contributed by atoms with Gasteiger partial charge in [-0.1, -0.05) is 164 Å². The number of nitriles is 1. The highest BCUT2D eigenvalue weighted by Crippen LogP contribution is 2.50. The Morgan fingerprint density at radius 3 is 1.44 bits per heavy atom. The second kappa shape index (κ2) is 15.9. The lowest BCUT2D eigenvalue weighted by Crippen LogP contribution is -2.05. The van der Waals surface area contributed by atoms with E-state index in [9.17, 15) is 5.26 Å². The van der Waals surface area contributed by atoms with Gasteiger partial charge in [-0.15, -0.1) is 22.7 Å². The maximum Gasteiger partial charge on any atom is 0.160 e. The van der Waals surface area contributed by atoms with Crippen molar-refractivity contribution in [2.45, 2.75) is 0 Å². The zero-order chi connectivity index (χ0) is 47.4. The Morgan fingerprint density at radius 1 is 0.375 bits per heavy atom. The molecular weight excluding hydrogens is 915 g/mol. The standard InChI is InChI=1S/C65H37N5S2/c66-38-41-21-15-29-53(69-51-27-11-7-24-47(51)61-55(69)35-33-44-42-22-9-13-31-57(42)71-63(44)61)59(41)60-46(50-37-49(39-17-3-1-4-18-39)67-65(68-50)40-19-5-2-6-20-40)26-16-30-54(60)70-52-28-12-8-25-48(52)62-56(70)36-34-45-43-23-10-14-32-58(43)72-64(45)62/h1-37H. The molecule has 5 aromatic heterocycles. The number of rotatable bonds is 6. The molecule has 0 N–H and O–H groups in total. The minimum Gasteiger partial charge on any atom is -0.309 e. The van der Waals surface area contributed by atoms with Gasteiger partial charge in [0.25, 0.3) is 0 Å². The molecule has 0 saturated carbocycles. The Labute approximate surface area is 421 Å². The van der Waals surface area contributed by atoms with Gasteiger partial charge in [-0.3, -0.25) is 0 Å². The number of fused-ring (bicyclic) bond motifs is 14. The Morgan fingerprint density at radius 2 is 0.861 bits per heavy atom. The third-order valence-electron chi connectivity index (χ3n) is 14.4. The summed E-state index contributed by atoms with van der Waals surface area (Å²) in [5.41, 5.74) is 12.8. The van der Waals surface area contributed by atoms with Crippen LogP contribution in [0.4, 0.5) is 0 Å². The van der Waals surface area contributed by atoms with E-state index >= 15 is 0 Å². The number of thiophene rings is 2. The summed E-state index contributed by atoms with van der Waals surface area (Å²) in [5, 5.41) is 21.3. The van der Waals surface area contributed by atoms with E-state index < -0.39 is 0 Å². The summed E-state index contributed by atoms with van der Waals surface area (Å²) in [7, 11) is 0. The van der Waals surface area contributed by atoms with Gasteiger partial charge in [0, 0.05) is 89.7 Å². The molecule has 0 amide bonds. The highest BCUT2D eigenvalue weighted by Gasteiger charge is 2.28. The van der Waals surface area contributed by atoms with Crippen molar-refractivity contribution in [3.05, 3.63) is 230 Å². The summed E-state index contributed by atoms with van der Waals surface area (Å²) in [6.45, 7) is 0. The topological polar surface area (TPSA) is 59.4 Å². The molecule has 0 radical (unpaired) electrons. The van der Waals surface area contributed by atoms with Gasteiger partial charge in [0.1, 0.15) is 0 Å². The van der Waals surface area contributed by atoms with Crippen molar-refractivity contribution in [2.75, 3.05) is 0 Å². The van der Waals surface area contributed by atoms with Gasteiger partial charge in [0.05, 0.1) is 56.5 Å². The lowest BCUT2D eigenvalue weighted by atomic mass is 9.90. The van der Waals surface area contributed by atoms with E-state index in [0.29, 0.717) is 11.4 Å². The van der Waals surface area contributed by atoms with Crippen LogP contribution in [0.15, 0.2) is 224 Å². The molecule has 0 unspecified atom stereocenters. The fourth-order valence-electron chi connectivity index (χ4n) is 11.3. The molecule has 334 valence electrons. The molecule has 72 heavy (non-hydrogen) atoms. The minimum absolute atomic E-state index is 0.559. The molecule has 0 bridgehead atoms. The number of hydrogen-bond acceptors (Lipinski definition) is 5. The smallest absolute Gasteiger partial charge is 0.160 e. The summed E-state index contributed by atoms with van der Waals surface area (Å²) in [4.78, 5) is 10.7. The lowest BCUT2D eigenvalue weighted by Gasteiger charge is -2.22. The Hall–Kier alpha value is -9.19. The molecule has 7 heteroatoms. The SMILES string of the molecule is N#Cc1cccc(-n2c3ccccc3c3c4sc5ccccc5c4ccc32)c1-c1c(-c2cc(-c3ccccc3)nc(-c3ccccc3)n2)cccc1-n1c2ccccc2c2c3sc4ccccc4c3ccc21. The molecule has 0 spiro atoms. The number of benzene rings is 10. The highest BCUT2D eigenvalue weighted by molar-refractivity contribution is 7.27. The van der Waals surface area contributed by atoms with Gasteiger partial charge < -0.3 is 9.13 Å². The predicted octanol–water partition coefficient (Wildman–Crippen LogP) is 17.9. The molecule has 0 atom stereocenters. The quantitative estimate of drug-likeness (QED) is 0.167. The Balaban J connectivity index is 1.11. The van der Waals surface area contributed by atoms with E-state index in [4.69, 9.17) is 9.97 Å². The number of para-hydroxylation sites is 2. The predicted molar refractivity (Wildman–Crippen MR) is 303 cm³/mol. The van der Waals surface area contributed by atoms with Crippen LogP contribution >= 0.6 is 22.7 Å².